The lowest BCUT2D eigenvalue weighted by Gasteiger charge is -2.15. The summed E-state index contributed by atoms with van der Waals surface area (Å²) in [5.41, 5.74) is 5.77. The average molecular weight is 266 g/mol. The zero-order valence-electron chi connectivity index (χ0n) is 11.6. The van der Waals surface area contributed by atoms with Crippen LogP contribution in [-0.2, 0) is 16.1 Å². The van der Waals surface area contributed by atoms with Gasteiger partial charge in [-0.05, 0) is 20.3 Å². The number of anilines is 2. The highest BCUT2D eigenvalue weighted by molar-refractivity contribution is 5.44. The van der Waals surface area contributed by atoms with E-state index in [-0.39, 0.29) is 0 Å². The van der Waals surface area contributed by atoms with E-state index in [9.17, 15) is 0 Å². The van der Waals surface area contributed by atoms with Crippen molar-refractivity contribution in [3.8, 4) is 0 Å². The van der Waals surface area contributed by atoms with Crippen LogP contribution in [0.2, 0.25) is 0 Å². The van der Waals surface area contributed by atoms with E-state index in [1.54, 1.807) is 6.07 Å². The van der Waals surface area contributed by atoms with Crippen LogP contribution >= 0.6 is 0 Å². The second-order valence-electron chi connectivity index (χ2n) is 4.74. The van der Waals surface area contributed by atoms with Gasteiger partial charge in [0.2, 0.25) is 0 Å². The third-order valence-electron chi connectivity index (χ3n) is 3.31. The molecule has 1 aromatic rings. The molecule has 1 aliphatic rings. The standard InChI is InChI=1S/C13H22N4O2/c1-3-18-8-13-16-11(14)6-12(17-13)15-7-10-4-5-19-9(10)2/h6,9-10H,3-5,7-8H2,1-2H3,(H3,14,15,16,17). The Kier molecular flexibility index (Phi) is 4.93. The number of nitrogens with two attached hydrogens (primary N) is 1. The van der Waals surface area contributed by atoms with Crippen molar-refractivity contribution in [2.24, 2.45) is 5.92 Å². The van der Waals surface area contributed by atoms with Crippen molar-refractivity contribution in [3.05, 3.63) is 11.9 Å². The number of hydrogen-bond donors (Lipinski definition) is 2. The number of rotatable bonds is 6. The maximum absolute atomic E-state index is 5.77. The van der Waals surface area contributed by atoms with Crippen LogP contribution in [0.4, 0.5) is 11.6 Å². The molecule has 0 bridgehead atoms. The molecule has 2 heterocycles. The first kappa shape index (κ1) is 14.0. The third-order valence-corrected chi connectivity index (χ3v) is 3.31. The summed E-state index contributed by atoms with van der Waals surface area (Å²) in [5, 5.41) is 3.31. The maximum atomic E-state index is 5.77. The zero-order valence-corrected chi connectivity index (χ0v) is 11.6. The number of ether oxygens (including phenoxy) is 2. The molecule has 1 saturated heterocycles. The van der Waals surface area contributed by atoms with Gasteiger partial charge in [-0.25, -0.2) is 9.97 Å². The Hall–Kier alpha value is -1.40. The van der Waals surface area contributed by atoms with Gasteiger partial charge in [0.15, 0.2) is 5.82 Å². The number of nitrogens with one attached hydrogen (secondary N) is 1. The molecular formula is C13H22N4O2. The van der Waals surface area contributed by atoms with Crippen LogP contribution in [0, 0.1) is 5.92 Å². The average Bonchev–Trinajstić information content (AvgIpc) is 2.79. The summed E-state index contributed by atoms with van der Waals surface area (Å²) in [6.45, 7) is 6.75. The van der Waals surface area contributed by atoms with Crippen molar-refractivity contribution in [2.75, 3.05) is 30.8 Å². The van der Waals surface area contributed by atoms with Gasteiger partial charge in [0.05, 0.1) is 6.10 Å². The highest BCUT2D eigenvalue weighted by Crippen LogP contribution is 2.21. The largest absolute Gasteiger partial charge is 0.384 e. The summed E-state index contributed by atoms with van der Waals surface area (Å²) in [6.07, 6.45) is 1.38. The fourth-order valence-electron chi connectivity index (χ4n) is 2.15. The molecule has 6 nitrogen and oxygen atoms in total. The van der Waals surface area contributed by atoms with Crippen LogP contribution in [0.15, 0.2) is 6.07 Å². The molecule has 3 N–H and O–H groups in total. The first-order valence-corrected chi connectivity index (χ1v) is 6.75. The Bertz CT molecular complexity index is 414. The lowest BCUT2D eigenvalue weighted by molar-refractivity contribution is 0.108. The van der Waals surface area contributed by atoms with E-state index < -0.39 is 0 Å². The van der Waals surface area contributed by atoms with Crippen molar-refractivity contribution in [3.63, 3.8) is 0 Å². The molecule has 19 heavy (non-hydrogen) atoms. The number of nitrogens with zero attached hydrogens (tertiary/aromatic N) is 2. The summed E-state index contributed by atoms with van der Waals surface area (Å²) in [7, 11) is 0. The minimum Gasteiger partial charge on any atom is -0.384 e. The van der Waals surface area contributed by atoms with Crippen molar-refractivity contribution in [2.45, 2.75) is 33.0 Å². The molecule has 1 aliphatic heterocycles. The summed E-state index contributed by atoms with van der Waals surface area (Å²) in [4.78, 5) is 8.53. The quantitative estimate of drug-likeness (QED) is 0.810. The van der Waals surface area contributed by atoms with Gasteiger partial charge in [-0.1, -0.05) is 0 Å². The lowest BCUT2D eigenvalue weighted by atomic mass is 10.0. The van der Waals surface area contributed by atoms with Gasteiger partial charge in [-0.15, -0.1) is 0 Å². The predicted molar refractivity (Wildman–Crippen MR) is 73.8 cm³/mol. The lowest BCUT2D eigenvalue weighted by Crippen LogP contribution is -2.21. The highest BCUT2D eigenvalue weighted by Gasteiger charge is 2.23. The summed E-state index contributed by atoms with van der Waals surface area (Å²) in [5.74, 6) is 2.34. The molecule has 1 aromatic heterocycles. The number of nitrogen functional groups attached to an aromatic ring is 1. The predicted octanol–water partition coefficient (Wildman–Crippen LogP) is 1.43. The van der Waals surface area contributed by atoms with Gasteiger partial charge >= 0.3 is 0 Å². The molecule has 0 aromatic carbocycles. The summed E-state index contributed by atoms with van der Waals surface area (Å²) in [6, 6.07) is 1.75. The maximum Gasteiger partial charge on any atom is 0.158 e. The Morgan fingerprint density at radius 2 is 2.37 bits per heavy atom. The molecular weight excluding hydrogens is 244 g/mol. The SMILES string of the molecule is CCOCc1nc(N)cc(NCC2CCOC2C)n1. The molecule has 1 fully saturated rings. The van der Waals surface area contributed by atoms with E-state index in [1.807, 2.05) is 6.92 Å². The van der Waals surface area contributed by atoms with Gasteiger partial charge in [-0.2, -0.15) is 0 Å². The van der Waals surface area contributed by atoms with Crippen LogP contribution in [0.3, 0.4) is 0 Å². The van der Waals surface area contributed by atoms with Crippen LogP contribution in [0.5, 0.6) is 0 Å². The van der Waals surface area contributed by atoms with Crippen molar-refractivity contribution < 1.29 is 9.47 Å². The molecule has 2 rings (SSSR count). The van der Waals surface area contributed by atoms with Gasteiger partial charge < -0.3 is 20.5 Å². The van der Waals surface area contributed by atoms with E-state index in [4.69, 9.17) is 15.2 Å². The van der Waals surface area contributed by atoms with E-state index in [1.165, 1.54) is 0 Å². The van der Waals surface area contributed by atoms with Crippen molar-refractivity contribution >= 4 is 11.6 Å². The van der Waals surface area contributed by atoms with Crippen LogP contribution < -0.4 is 11.1 Å². The Labute approximate surface area is 113 Å². The fourth-order valence-corrected chi connectivity index (χ4v) is 2.15. The zero-order chi connectivity index (χ0) is 13.7. The molecule has 6 heteroatoms. The molecule has 0 amide bonds. The minimum atomic E-state index is 0.301. The molecule has 0 saturated carbocycles. The van der Waals surface area contributed by atoms with Gasteiger partial charge in [0, 0.05) is 31.7 Å². The van der Waals surface area contributed by atoms with Crippen molar-refractivity contribution in [1.82, 2.24) is 9.97 Å². The van der Waals surface area contributed by atoms with E-state index in [2.05, 4.69) is 22.2 Å². The third kappa shape index (κ3) is 4.04. The molecule has 2 atom stereocenters. The fraction of sp³-hybridized carbons (Fsp3) is 0.692. The monoisotopic (exact) mass is 266 g/mol. The van der Waals surface area contributed by atoms with Crippen molar-refractivity contribution in [1.29, 1.82) is 0 Å². The Morgan fingerprint density at radius 3 is 3.05 bits per heavy atom. The van der Waals surface area contributed by atoms with Crippen LogP contribution in [0.25, 0.3) is 0 Å². The van der Waals surface area contributed by atoms with Crippen LogP contribution in [0.1, 0.15) is 26.1 Å². The first-order chi connectivity index (χ1) is 9.19. The normalized spacial score (nSPS) is 22.6. The minimum absolute atomic E-state index is 0.301. The molecule has 106 valence electrons. The Balaban J connectivity index is 1.93. The topological polar surface area (TPSA) is 82.3 Å². The number of hydrogen-bond acceptors (Lipinski definition) is 6. The van der Waals surface area contributed by atoms with Gasteiger partial charge in [-0.3, -0.25) is 0 Å². The molecule has 2 unspecified atom stereocenters. The highest BCUT2D eigenvalue weighted by atomic mass is 16.5. The Morgan fingerprint density at radius 1 is 1.53 bits per heavy atom. The van der Waals surface area contributed by atoms with E-state index in [0.717, 1.165) is 25.4 Å². The smallest absolute Gasteiger partial charge is 0.158 e. The second kappa shape index (κ2) is 6.68. The second-order valence-corrected chi connectivity index (χ2v) is 4.74. The van der Waals surface area contributed by atoms with E-state index >= 15 is 0 Å². The summed E-state index contributed by atoms with van der Waals surface area (Å²) >= 11 is 0. The molecule has 0 radical (unpaired) electrons. The first-order valence-electron chi connectivity index (χ1n) is 6.75. The van der Waals surface area contributed by atoms with Gasteiger partial charge in [0.25, 0.3) is 0 Å². The van der Waals surface area contributed by atoms with E-state index in [0.29, 0.717) is 36.9 Å². The van der Waals surface area contributed by atoms with Gasteiger partial charge in [0.1, 0.15) is 18.2 Å². The molecule has 0 spiro atoms. The van der Waals surface area contributed by atoms with Crippen LogP contribution in [-0.4, -0.2) is 35.8 Å². The summed E-state index contributed by atoms with van der Waals surface area (Å²) < 4.78 is 10.8. The molecule has 0 aliphatic carbocycles. The number of aromatic nitrogens is 2.